The Labute approximate surface area is 221 Å². The Hall–Kier alpha value is -2.20. The van der Waals surface area contributed by atoms with Gasteiger partial charge in [0.1, 0.15) is 11.6 Å². The summed E-state index contributed by atoms with van der Waals surface area (Å²) in [6.07, 6.45) is -0.266. The van der Waals surface area contributed by atoms with Crippen LogP contribution in [0.2, 0.25) is 10.0 Å². The molecule has 0 amide bonds. The number of nitrogens with zero attached hydrogens (tertiary/aromatic N) is 2. The third kappa shape index (κ3) is 6.56. The summed E-state index contributed by atoms with van der Waals surface area (Å²) < 4.78 is 52.7. The largest absolute Gasteiger partial charge is 0.497 e. The first kappa shape index (κ1) is 26.9. The van der Waals surface area contributed by atoms with Crippen molar-refractivity contribution in [3.63, 3.8) is 0 Å². The molecule has 192 valence electrons. The zero-order chi connectivity index (χ0) is 25.7. The first-order valence-corrected chi connectivity index (χ1v) is 13.6. The molecule has 0 N–H and O–H groups in total. The fraction of sp³-hybridized carbons (Fsp3) is 0.308. The first-order valence-electron chi connectivity index (χ1n) is 11.4. The normalized spacial score (nSPS) is 16.1. The van der Waals surface area contributed by atoms with E-state index in [0.29, 0.717) is 44.4 Å². The predicted molar refractivity (Wildman–Crippen MR) is 139 cm³/mol. The van der Waals surface area contributed by atoms with Crippen LogP contribution in [-0.2, 0) is 21.4 Å². The van der Waals surface area contributed by atoms with Crippen molar-refractivity contribution in [2.75, 3.05) is 39.8 Å². The predicted octanol–water partition coefficient (Wildman–Crippen LogP) is 5.41. The fourth-order valence-corrected chi connectivity index (χ4v) is 6.00. The second kappa shape index (κ2) is 11.9. The quantitative estimate of drug-likeness (QED) is 0.355. The Kier molecular flexibility index (Phi) is 8.87. The van der Waals surface area contributed by atoms with Crippen molar-refractivity contribution in [2.45, 2.75) is 17.6 Å². The Bertz CT molecular complexity index is 1300. The third-order valence-corrected chi connectivity index (χ3v) is 8.51. The van der Waals surface area contributed by atoms with E-state index in [1.807, 2.05) is 48.5 Å². The molecule has 36 heavy (non-hydrogen) atoms. The minimum atomic E-state index is -3.77. The molecule has 4 rings (SSSR count). The summed E-state index contributed by atoms with van der Waals surface area (Å²) >= 11 is 11.9. The lowest BCUT2D eigenvalue weighted by Gasteiger charge is -2.36. The number of hydrogen-bond acceptors (Lipinski definition) is 5. The lowest BCUT2D eigenvalue weighted by molar-refractivity contribution is 0.00763. The van der Waals surface area contributed by atoms with E-state index in [1.54, 1.807) is 7.11 Å². The van der Waals surface area contributed by atoms with Crippen molar-refractivity contribution in [2.24, 2.45) is 0 Å². The minimum absolute atomic E-state index is 0.0125. The van der Waals surface area contributed by atoms with E-state index in [4.69, 9.17) is 32.7 Å². The van der Waals surface area contributed by atoms with Crippen molar-refractivity contribution in [3.05, 3.63) is 93.7 Å². The fourth-order valence-electron chi connectivity index (χ4n) is 4.09. The topological polar surface area (TPSA) is 59.1 Å². The molecular formula is C26H27Cl2FN2O4S. The van der Waals surface area contributed by atoms with Crippen molar-refractivity contribution in [3.8, 4) is 5.75 Å². The van der Waals surface area contributed by atoms with Crippen LogP contribution in [0.1, 0.15) is 17.2 Å². The molecule has 1 heterocycles. The second-order valence-corrected chi connectivity index (χ2v) is 11.3. The average molecular weight is 553 g/mol. The Morgan fingerprint density at radius 1 is 0.972 bits per heavy atom. The molecule has 0 aliphatic carbocycles. The highest BCUT2D eigenvalue weighted by Crippen LogP contribution is 2.27. The molecule has 1 aliphatic heterocycles. The van der Waals surface area contributed by atoms with Crippen LogP contribution >= 0.6 is 23.2 Å². The summed E-state index contributed by atoms with van der Waals surface area (Å²) in [4.78, 5) is 2.16. The van der Waals surface area contributed by atoms with E-state index in [9.17, 15) is 12.8 Å². The van der Waals surface area contributed by atoms with Gasteiger partial charge in [-0.05, 0) is 53.6 Å². The first-order chi connectivity index (χ1) is 17.3. The van der Waals surface area contributed by atoms with E-state index < -0.39 is 15.8 Å². The standard InChI is InChI=1S/C26H27Cl2FN2O4S/c1-34-22-7-3-5-20(15-22)26(35-18-19-4-2-6-21(27)14-19)17-30-10-12-31(13-11-30)36(32,33)23-8-9-25(29)24(28)16-23/h2-9,14-16,26H,10-13,17-18H2,1H3. The highest BCUT2D eigenvalue weighted by atomic mass is 35.5. The van der Waals surface area contributed by atoms with Crippen LogP contribution in [0.3, 0.4) is 0 Å². The van der Waals surface area contributed by atoms with E-state index in [-0.39, 0.29) is 16.0 Å². The number of hydrogen-bond donors (Lipinski definition) is 0. The SMILES string of the molecule is COc1cccc(C(CN2CCN(S(=O)(=O)c3ccc(F)c(Cl)c3)CC2)OCc2cccc(Cl)c2)c1. The number of methoxy groups -OCH3 is 1. The van der Waals surface area contributed by atoms with Crippen LogP contribution in [0, 0.1) is 5.82 Å². The average Bonchev–Trinajstić information content (AvgIpc) is 2.88. The molecule has 6 nitrogen and oxygen atoms in total. The molecule has 3 aromatic rings. The van der Waals surface area contributed by atoms with Crippen molar-refractivity contribution in [1.29, 1.82) is 0 Å². The summed E-state index contributed by atoms with van der Waals surface area (Å²) in [7, 11) is -2.15. The summed E-state index contributed by atoms with van der Waals surface area (Å²) in [5, 5.41) is 0.432. The molecule has 1 fully saturated rings. The van der Waals surface area contributed by atoms with Gasteiger partial charge in [0.25, 0.3) is 0 Å². The molecule has 0 saturated carbocycles. The number of piperazine rings is 1. The minimum Gasteiger partial charge on any atom is -0.497 e. The highest BCUT2D eigenvalue weighted by Gasteiger charge is 2.30. The van der Waals surface area contributed by atoms with Crippen molar-refractivity contribution >= 4 is 33.2 Å². The maximum Gasteiger partial charge on any atom is 0.243 e. The molecule has 1 unspecified atom stereocenters. The lowest BCUT2D eigenvalue weighted by atomic mass is 10.1. The van der Waals surface area contributed by atoms with Crippen molar-refractivity contribution in [1.82, 2.24) is 9.21 Å². The van der Waals surface area contributed by atoms with Gasteiger partial charge in [0.15, 0.2) is 0 Å². The Morgan fingerprint density at radius 2 is 1.72 bits per heavy atom. The molecule has 0 bridgehead atoms. The highest BCUT2D eigenvalue weighted by molar-refractivity contribution is 7.89. The summed E-state index contributed by atoms with van der Waals surface area (Å²) in [5.74, 6) is 0.0829. The van der Waals surface area contributed by atoms with Crippen molar-refractivity contribution < 1.29 is 22.3 Å². The van der Waals surface area contributed by atoms with Gasteiger partial charge in [-0.1, -0.05) is 47.5 Å². The molecule has 1 atom stereocenters. The van der Waals surface area contributed by atoms with Crippen LogP contribution < -0.4 is 4.74 Å². The maximum absolute atomic E-state index is 13.5. The van der Waals surface area contributed by atoms with Crippen LogP contribution in [-0.4, -0.2) is 57.5 Å². The molecule has 10 heteroatoms. The Balaban J connectivity index is 1.44. The van der Waals surface area contributed by atoms with E-state index in [1.165, 1.54) is 10.4 Å². The summed E-state index contributed by atoms with van der Waals surface area (Å²) in [6.45, 7) is 2.60. The molecule has 3 aromatic carbocycles. The van der Waals surface area contributed by atoms with Gasteiger partial charge in [-0.15, -0.1) is 0 Å². The van der Waals surface area contributed by atoms with Crippen LogP contribution in [0.15, 0.2) is 71.6 Å². The van der Waals surface area contributed by atoms with Gasteiger partial charge >= 0.3 is 0 Å². The smallest absolute Gasteiger partial charge is 0.243 e. The number of halogens is 3. The van der Waals surface area contributed by atoms with E-state index in [0.717, 1.165) is 29.0 Å². The maximum atomic E-state index is 13.5. The molecule has 0 aromatic heterocycles. The van der Waals surface area contributed by atoms with Crippen LogP contribution in [0.5, 0.6) is 5.75 Å². The number of ether oxygens (including phenoxy) is 2. The van der Waals surface area contributed by atoms with Gasteiger partial charge in [-0.25, -0.2) is 12.8 Å². The third-order valence-electron chi connectivity index (χ3n) is 6.09. The molecular weight excluding hydrogens is 526 g/mol. The lowest BCUT2D eigenvalue weighted by Crippen LogP contribution is -2.49. The molecule has 0 spiro atoms. The van der Waals surface area contributed by atoms with Gasteiger partial charge in [0.05, 0.1) is 29.7 Å². The van der Waals surface area contributed by atoms with Gasteiger partial charge in [0, 0.05) is 37.7 Å². The molecule has 1 saturated heterocycles. The van der Waals surface area contributed by atoms with Crippen LogP contribution in [0.4, 0.5) is 4.39 Å². The monoisotopic (exact) mass is 552 g/mol. The van der Waals surface area contributed by atoms with E-state index in [2.05, 4.69) is 4.90 Å². The molecule has 1 aliphatic rings. The summed E-state index contributed by atoms with van der Waals surface area (Å²) in [5.41, 5.74) is 1.93. The van der Waals surface area contributed by atoms with Gasteiger partial charge in [-0.3, -0.25) is 4.90 Å². The second-order valence-electron chi connectivity index (χ2n) is 8.49. The number of rotatable bonds is 9. The van der Waals surface area contributed by atoms with Gasteiger partial charge < -0.3 is 9.47 Å². The number of benzene rings is 3. The van der Waals surface area contributed by atoms with Gasteiger partial charge in [0.2, 0.25) is 10.0 Å². The zero-order valence-electron chi connectivity index (χ0n) is 19.7. The summed E-state index contributed by atoms with van der Waals surface area (Å²) in [6, 6.07) is 18.7. The zero-order valence-corrected chi connectivity index (χ0v) is 22.1. The van der Waals surface area contributed by atoms with E-state index >= 15 is 0 Å². The van der Waals surface area contributed by atoms with Crippen LogP contribution in [0.25, 0.3) is 0 Å². The Morgan fingerprint density at radius 3 is 2.42 bits per heavy atom. The van der Waals surface area contributed by atoms with Gasteiger partial charge in [-0.2, -0.15) is 4.31 Å². The number of sulfonamides is 1. The molecule has 0 radical (unpaired) electrons.